The Morgan fingerprint density at radius 1 is 1.10 bits per heavy atom. The van der Waals surface area contributed by atoms with Gasteiger partial charge in [0, 0.05) is 11.8 Å². The number of aliphatic hydroxyl groups is 1. The van der Waals surface area contributed by atoms with E-state index in [0.717, 1.165) is 25.0 Å². The standard InChI is InChI=1S/C19H22O2/c1-2-19(14-20,16-9-4-3-5-10-16)13-17-12-15-8-6-7-11-18(15)21-17/h3-11,17,20H,2,12-14H2,1H3. The molecule has 0 saturated heterocycles. The van der Waals surface area contributed by atoms with Crippen LogP contribution in [0, 0.1) is 0 Å². The van der Waals surface area contributed by atoms with Crippen molar-refractivity contribution in [3.63, 3.8) is 0 Å². The van der Waals surface area contributed by atoms with E-state index in [4.69, 9.17) is 4.74 Å². The average molecular weight is 282 g/mol. The summed E-state index contributed by atoms with van der Waals surface area (Å²) >= 11 is 0. The van der Waals surface area contributed by atoms with E-state index in [1.807, 2.05) is 30.3 Å². The van der Waals surface area contributed by atoms with Crippen molar-refractivity contribution in [2.24, 2.45) is 0 Å². The molecular formula is C19H22O2. The number of ether oxygens (including phenoxy) is 1. The Morgan fingerprint density at radius 3 is 2.48 bits per heavy atom. The second-order valence-electron chi connectivity index (χ2n) is 5.91. The molecule has 2 atom stereocenters. The van der Waals surface area contributed by atoms with Gasteiger partial charge in [-0.2, -0.15) is 0 Å². The number of benzene rings is 2. The predicted octanol–water partition coefficient (Wildman–Crippen LogP) is 3.72. The topological polar surface area (TPSA) is 29.5 Å². The van der Waals surface area contributed by atoms with E-state index >= 15 is 0 Å². The molecule has 0 amide bonds. The summed E-state index contributed by atoms with van der Waals surface area (Å²) in [7, 11) is 0. The molecule has 0 radical (unpaired) electrons. The summed E-state index contributed by atoms with van der Waals surface area (Å²) in [6.45, 7) is 2.30. The third kappa shape index (κ3) is 2.68. The quantitative estimate of drug-likeness (QED) is 0.905. The Labute approximate surface area is 126 Å². The summed E-state index contributed by atoms with van der Waals surface area (Å²) < 4.78 is 6.08. The molecule has 0 aromatic heterocycles. The van der Waals surface area contributed by atoms with E-state index in [-0.39, 0.29) is 18.1 Å². The minimum absolute atomic E-state index is 0.148. The zero-order valence-corrected chi connectivity index (χ0v) is 12.5. The molecule has 1 aliphatic rings. The molecule has 2 heteroatoms. The lowest BCUT2D eigenvalue weighted by Gasteiger charge is -2.33. The zero-order valence-electron chi connectivity index (χ0n) is 12.5. The van der Waals surface area contributed by atoms with Crippen LogP contribution in [0.2, 0.25) is 0 Å². The fraction of sp³-hybridized carbons (Fsp3) is 0.368. The molecule has 2 aromatic rings. The van der Waals surface area contributed by atoms with Crippen LogP contribution in [0.1, 0.15) is 30.9 Å². The average Bonchev–Trinajstić information content (AvgIpc) is 2.96. The minimum Gasteiger partial charge on any atom is -0.490 e. The van der Waals surface area contributed by atoms with Gasteiger partial charge in [-0.25, -0.2) is 0 Å². The molecule has 21 heavy (non-hydrogen) atoms. The first-order valence-electron chi connectivity index (χ1n) is 7.68. The summed E-state index contributed by atoms with van der Waals surface area (Å²) in [5.41, 5.74) is 2.27. The van der Waals surface area contributed by atoms with Crippen LogP contribution in [0.15, 0.2) is 54.6 Å². The Morgan fingerprint density at radius 2 is 1.81 bits per heavy atom. The molecule has 1 N–H and O–H groups in total. The number of fused-ring (bicyclic) bond motifs is 1. The van der Waals surface area contributed by atoms with Gasteiger partial charge in [-0.05, 0) is 30.0 Å². The number of rotatable bonds is 5. The fourth-order valence-corrected chi connectivity index (χ4v) is 3.33. The van der Waals surface area contributed by atoms with E-state index in [2.05, 4.69) is 31.2 Å². The zero-order chi connectivity index (χ0) is 14.7. The molecule has 110 valence electrons. The van der Waals surface area contributed by atoms with Crippen molar-refractivity contribution in [2.45, 2.75) is 37.7 Å². The third-order valence-electron chi connectivity index (χ3n) is 4.70. The maximum atomic E-state index is 10.1. The van der Waals surface area contributed by atoms with Crippen LogP contribution in [0.5, 0.6) is 5.75 Å². The van der Waals surface area contributed by atoms with Crippen LogP contribution in [0.25, 0.3) is 0 Å². The van der Waals surface area contributed by atoms with Crippen molar-refractivity contribution >= 4 is 0 Å². The van der Waals surface area contributed by atoms with Gasteiger partial charge in [0.25, 0.3) is 0 Å². The monoisotopic (exact) mass is 282 g/mol. The van der Waals surface area contributed by atoms with E-state index in [1.54, 1.807) is 0 Å². The Kier molecular flexibility index (Phi) is 3.98. The molecular weight excluding hydrogens is 260 g/mol. The molecule has 2 nitrogen and oxygen atoms in total. The van der Waals surface area contributed by atoms with Gasteiger partial charge in [0.2, 0.25) is 0 Å². The molecule has 1 heterocycles. The number of aliphatic hydroxyl groups excluding tert-OH is 1. The summed E-state index contributed by atoms with van der Waals surface area (Å²) in [4.78, 5) is 0. The van der Waals surface area contributed by atoms with Gasteiger partial charge < -0.3 is 9.84 Å². The van der Waals surface area contributed by atoms with Crippen LogP contribution in [-0.2, 0) is 11.8 Å². The van der Waals surface area contributed by atoms with Gasteiger partial charge in [-0.3, -0.25) is 0 Å². The van der Waals surface area contributed by atoms with Crippen molar-refractivity contribution in [2.75, 3.05) is 6.61 Å². The van der Waals surface area contributed by atoms with Gasteiger partial charge in [0.05, 0.1) is 6.61 Å². The van der Waals surface area contributed by atoms with Crippen molar-refractivity contribution in [3.05, 3.63) is 65.7 Å². The first kappa shape index (κ1) is 14.2. The predicted molar refractivity (Wildman–Crippen MR) is 84.7 cm³/mol. The molecule has 2 unspecified atom stereocenters. The second kappa shape index (κ2) is 5.90. The SMILES string of the molecule is CCC(CO)(CC1Cc2ccccc2O1)c1ccccc1. The van der Waals surface area contributed by atoms with Crippen LogP contribution in [0.3, 0.4) is 0 Å². The normalized spacial score (nSPS) is 19.6. The van der Waals surface area contributed by atoms with Crippen LogP contribution >= 0.6 is 0 Å². The molecule has 0 fully saturated rings. The number of para-hydroxylation sites is 1. The molecule has 3 rings (SSSR count). The van der Waals surface area contributed by atoms with Crippen LogP contribution in [-0.4, -0.2) is 17.8 Å². The Balaban J connectivity index is 1.82. The van der Waals surface area contributed by atoms with Gasteiger partial charge in [-0.1, -0.05) is 55.5 Å². The Bertz CT molecular complexity index is 563. The first-order valence-corrected chi connectivity index (χ1v) is 7.68. The third-order valence-corrected chi connectivity index (χ3v) is 4.70. The van der Waals surface area contributed by atoms with Crippen LogP contribution < -0.4 is 4.74 Å². The smallest absolute Gasteiger partial charge is 0.123 e. The highest BCUT2D eigenvalue weighted by molar-refractivity contribution is 5.38. The largest absolute Gasteiger partial charge is 0.490 e. The van der Waals surface area contributed by atoms with Crippen molar-refractivity contribution < 1.29 is 9.84 Å². The van der Waals surface area contributed by atoms with Crippen molar-refractivity contribution in [1.29, 1.82) is 0 Å². The van der Waals surface area contributed by atoms with E-state index in [9.17, 15) is 5.11 Å². The van der Waals surface area contributed by atoms with Crippen molar-refractivity contribution in [3.8, 4) is 5.75 Å². The van der Waals surface area contributed by atoms with Gasteiger partial charge in [0.15, 0.2) is 0 Å². The molecule has 0 saturated carbocycles. The van der Waals surface area contributed by atoms with Gasteiger partial charge in [-0.15, -0.1) is 0 Å². The lowest BCUT2D eigenvalue weighted by atomic mass is 9.74. The molecule has 1 aliphatic heterocycles. The maximum Gasteiger partial charge on any atom is 0.123 e. The summed E-state index contributed by atoms with van der Waals surface area (Å²) in [6, 6.07) is 18.6. The summed E-state index contributed by atoms with van der Waals surface area (Å²) in [6.07, 6.45) is 2.84. The summed E-state index contributed by atoms with van der Waals surface area (Å²) in [5.74, 6) is 0.999. The van der Waals surface area contributed by atoms with Gasteiger partial charge in [0.1, 0.15) is 11.9 Å². The van der Waals surface area contributed by atoms with Gasteiger partial charge >= 0.3 is 0 Å². The van der Waals surface area contributed by atoms with Crippen LogP contribution in [0.4, 0.5) is 0 Å². The van der Waals surface area contributed by atoms with E-state index in [1.165, 1.54) is 11.1 Å². The number of hydrogen-bond acceptors (Lipinski definition) is 2. The minimum atomic E-state index is -0.214. The lowest BCUT2D eigenvalue weighted by Crippen LogP contribution is -2.35. The molecule has 0 bridgehead atoms. The van der Waals surface area contributed by atoms with E-state index in [0.29, 0.717) is 0 Å². The summed E-state index contributed by atoms with van der Waals surface area (Å²) in [5, 5.41) is 10.1. The highest BCUT2D eigenvalue weighted by Crippen LogP contribution is 2.38. The molecule has 0 aliphatic carbocycles. The van der Waals surface area contributed by atoms with Crippen molar-refractivity contribution in [1.82, 2.24) is 0 Å². The lowest BCUT2D eigenvalue weighted by molar-refractivity contribution is 0.120. The highest BCUT2D eigenvalue weighted by atomic mass is 16.5. The first-order chi connectivity index (χ1) is 10.3. The maximum absolute atomic E-state index is 10.1. The fourth-order valence-electron chi connectivity index (χ4n) is 3.33. The second-order valence-corrected chi connectivity index (χ2v) is 5.91. The molecule has 2 aromatic carbocycles. The highest BCUT2D eigenvalue weighted by Gasteiger charge is 2.35. The molecule has 0 spiro atoms. The van der Waals surface area contributed by atoms with E-state index < -0.39 is 0 Å². The number of hydrogen-bond donors (Lipinski definition) is 1. The Hall–Kier alpha value is -1.80.